The quantitative estimate of drug-likeness (QED) is 0.696. The van der Waals surface area contributed by atoms with Crippen LogP contribution in [0.1, 0.15) is 10.4 Å². The number of benzene rings is 1. The van der Waals surface area contributed by atoms with Crippen LogP contribution in [-0.4, -0.2) is 75.7 Å². The number of aromatic nitrogens is 3. The van der Waals surface area contributed by atoms with Gasteiger partial charge in [-0.1, -0.05) is 30.3 Å². The first kappa shape index (κ1) is 18.4. The van der Waals surface area contributed by atoms with Crippen LogP contribution in [-0.2, 0) is 10.0 Å². The standard InChI is InChI=1S/C18H19N5O4S/c1-28(26,27)22-9-7-21(8-10-22)18(25)14-12-19-23-16(24)11-15(20-17(14)23)13-5-3-2-4-6-13/h2-6,11-12,24H,7-10H2,1H3. The third kappa shape index (κ3) is 3.32. The molecule has 0 radical (unpaired) electrons. The predicted octanol–water partition coefficient (Wildman–Crippen LogP) is 0.819. The highest BCUT2D eigenvalue weighted by molar-refractivity contribution is 7.88. The molecule has 0 atom stereocenters. The Morgan fingerprint density at radius 2 is 1.79 bits per heavy atom. The summed E-state index contributed by atoms with van der Waals surface area (Å²) in [5.74, 6) is -0.412. The summed E-state index contributed by atoms with van der Waals surface area (Å²) in [5.41, 5.74) is 1.86. The lowest BCUT2D eigenvalue weighted by molar-refractivity contribution is 0.0700. The Morgan fingerprint density at radius 3 is 2.43 bits per heavy atom. The van der Waals surface area contributed by atoms with Crippen LogP contribution >= 0.6 is 0 Å². The topological polar surface area (TPSA) is 108 Å². The number of fused-ring (bicyclic) bond motifs is 1. The number of nitrogens with zero attached hydrogens (tertiary/aromatic N) is 5. The van der Waals surface area contributed by atoms with Crippen LogP contribution in [0.5, 0.6) is 5.88 Å². The maximum Gasteiger partial charge on any atom is 0.259 e. The van der Waals surface area contributed by atoms with E-state index in [0.29, 0.717) is 5.69 Å². The number of amides is 1. The Labute approximate surface area is 161 Å². The largest absolute Gasteiger partial charge is 0.493 e. The second-order valence-electron chi connectivity index (χ2n) is 6.61. The molecular weight excluding hydrogens is 382 g/mol. The monoisotopic (exact) mass is 401 g/mol. The fourth-order valence-corrected chi connectivity index (χ4v) is 4.07. The first-order chi connectivity index (χ1) is 13.3. The molecule has 2 aromatic heterocycles. The van der Waals surface area contributed by atoms with E-state index in [1.165, 1.54) is 21.1 Å². The smallest absolute Gasteiger partial charge is 0.259 e. The minimum Gasteiger partial charge on any atom is -0.493 e. The van der Waals surface area contributed by atoms with Gasteiger partial charge in [0, 0.05) is 37.8 Å². The van der Waals surface area contributed by atoms with Crippen molar-refractivity contribution in [1.82, 2.24) is 23.8 Å². The number of aromatic hydroxyl groups is 1. The van der Waals surface area contributed by atoms with Gasteiger partial charge in [-0.05, 0) is 0 Å². The molecule has 1 N–H and O–H groups in total. The molecule has 28 heavy (non-hydrogen) atoms. The molecule has 0 saturated carbocycles. The summed E-state index contributed by atoms with van der Waals surface area (Å²) in [6.45, 7) is 1.07. The zero-order valence-electron chi connectivity index (χ0n) is 15.2. The molecule has 0 bridgehead atoms. The lowest BCUT2D eigenvalue weighted by atomic mass is 10.1. The van der Waals surface area contributed by atoms with Gasteiger partial charge < -0.3 is 10.0 Å². The zero-order valence-corrected chi connectivity index (χ0v) is 16.0. The van der Waals surface area contributed by atoms with Gasteiger partial charge in [-0.2, -0.15) is 13.9 Å². The number of carbonyl (C=O) groups is 1. The van der Waals surface area contributed by atoms with E-state index in [1.807, 2.05) is 30.3 Å². The first-order valence-electron chi connectivity index (χ1n) is 8.72. The first-order valence-corrected chi connectivity index (χ1v) is 10.6. The van der Waals surface area contributed by atoms with Gasteiger partial charge >= 0.3 is 0 Å². The van der Waals surface area contributed by atoms with Crippen LogP contribution in [0.3, 0.4) is 0 Å². The number of piperazine rings is 1. The maximum atomic E-state index is 13.0. The minimum atomic E-state index is -3.27. The SMILES string of the molecule is CS(=O)(=O)N1CCN(C(=O)c2cnn3c(O)cc(-c4ccccc4)nc23)CC1. The van der Waals surface area contributed by atoms with E-state index in [2.05, 4.69) is 10.1 Å². The molecule has 1 fully saturated rings. The molecule has 9 nitrogen and oxygen atoms in total. The molecule has 1 aliphatic rings. The van der Waals surface area contributed by atoms with Gasteiger partial charge in [-0.15, -0.1) is 0 Å². The maximum absolute atomic E-state index is 13.0. The highest BCUT2D eigenvalue weighted by Crippen LogP contribution is 2.25. The number of hydrogen-bond acceptors (Lipinski definition) is 6. The van der Waals surface area contributed by atoms with Gasteiger partial charge in [0.15, 0.2) is 5.65 Å². The Kier molecular flexibility index (Phi) is 4.52. The molecule has 3 heterocycles. The molecule has 3 aromatic rings. The van der Waals surface area contributed by atoms with Crippen LogP contribution in [0.15, 0.2) is 42.6 Å². The van der Waals surface area contributed by atoms with E-state index >= 15 is 0 Å². The van der Waals surface area contributed by atoms with Gasteiger partial charge in [0.2, 0.25) is 15.9 Å². The lowest BCUT2D eigenvalue weighted by Crippen LogP contribution is -2.50. The van der Waals surface area contributed by atoms with Crippen LogP contribution in [0.4, 0.5) is 0 Å². The summed E-state index contributed by atoms with van der Waals surface area (Å²) < 4.78 is 25.9. The Morgan fingerprint density at radius 1 is 1.11 bits per heavy atom. The number of hydrogen-bond donors (Lipinski definition) is 1. The summed E-state index contributed by atoms with van der Waals surface area (Å²) in [7, 11) is -3.27. The Bertz CT molecular complexity index is 1140. The van der Waals surface area contributed by atoms with E-state index in [-0.39, 0.29) is 49.2 Å². The second-order valence-corrected chi connectivity index (χ2v) is 8.60. The second kappa shape index (κ2) is 6.88. The van der Waals surface area contributed by atoms with Crippen molar-refractivity contribution < 1.29 is 18.3 Å². The molecule has 1 aromatic carbocycles. The molecular formula is C18H19N5O4S. The average molecular weight is 401 g/mol. The van der Waals surface area contributed by atoms with Gasteiger partial charge in [0.1, 0.15) is 5.56 Å². The van der Waals surface area contributed by atoms with Gasteiger partial charge in [-0.3, -0.25) is 4.79 Å². The minimum absolute atomic E-state index is 0.121. The normalized spacial score (nSPS) is 15.8. The summed E-state index contributed by atoms with van der Waals surface area (Å²) in [5, 5.41) is 14.4. The van der Waals surface area contributed by atoms with Crippen LogP contribution in [0, 0.1) is 0 Å². The molecule has 0 spiro atoms. The lowest BCUT2D eigenvalue weighted by Gasteiger charge is -2.33. The molecule has 0 aliphatic carbocycles. The van der Waals surface area contributed by atoms with E-state index in [9.17, 15) is 18.3 Å². The molecule has 10 heteroatoms. The van der Waals surface area contributed by atoms with Crippen LogP contribution in [0.2, 0.25) is 0 Å². The number of sulfonamides is 1. The Balaban J connectivity index is 1.66. The average Bonchev–Trinajstić information content (AvgIpc) is 3.12. The van der Waals surface area contributed by atoms with E-state index in [0.717, 1.165) is 11.8 Å². The van der Waals surface area contributed by atoms with Gasteiger partial charge in [0.25, 0.3) is 5.91 Å². The van der Waals surface area contributed by atoms with Crippen molar-refractivity contribution in [2.75, 3.05) is 32.4 Å². The molecule has 0 unspecified atom stereocenters. The van der Waals surface area contributed by atoms with Crippen LogP contribution in [0.25, 0.3) is 16.9 Å². The van der Waals surface area contributed by atoms with Gasteiger partial charge in [-0.25, -0.2) is 13.4 Å². The zero-order chi connectivity index (χ0) is 19.9. The van der Waals surface area contributed by atoms with E-state index in [4.69, 9.17) is 0 Å². The Hall–Kier alpha value is -2.98. The molecule has 1 saturated heterocycles. The molecule has 146 valence electrons. The number of rotatable bonds is 3. The fourth-order valence-electron chi connectivity index (χ4n) is 3.25. The van der Waals surface area contributed by atoms with Crippen molar-refractivity contribution in [1.29, 1.82) is 0 Å². The van der Waals surface area contributed by atoms with Crippen molar-refractivity contribution in [3.8, 4) is 17.1 Å². The predicted molar refractivity (Wildman–Crippen MR) is 102 cm³/mol. The fraction of sp³-hybridized carbons (Fsp3) is 0.278. The highest BCUT2D eigenvalue weighted by atomic mass is 32.2. The summed E-state index contributed by atoms with van der Waals surface area (Å²) in [6.07, 6.45) is 2.54. The van der Waals surface area contributed by atoms with E-state index < -0.39 is 10.0 Å². The van der Waals surface area contributed by atoms with Crippen LogP contribution < -0.4 is 0 Å². The van der Waals surface area contributed by atoms with Crippen molar-refractivity contribution in [3.63, 3.8) is 0 Å². The summed E-state index contributed by atoms with van der Waals surface area (Å²) >= 11 is 0. The highest BCUT2D eigenvalue weighted by Gasteiger charge is 2.28. The van der Waals surface area contributed by atoms with Crippen molar-refractivity contribution >= 4 is 21.6 Å². The van der Waals surface area contributed by atoms with E-state index in [1.54, 1.807) is 4.90 Å². The van der Waals surface area contributed by atoms with Gasteiger partial charge in [0.05, 0.1) is 18.1 Å². The van der Waals surface area contributed by atoms with Crippen molar-refractivity contribution in [2.45, 2.75) is 0 Å². The summed E-state index contributed by atoms with van der Waals surface area (Å²) in [6, 6.07) is 10.8. The molecule has 1 aliphatic heterocycles. The van der Waals surface area contributed by atoms with Crippen molar-refractivity contribution in [2.24, 2.45) is 0 Å². The number of carbonyl (C=O) groups excluding carboxylic acids is 1. The molecule has 1 amide bonds. The molecule has 4 rings (SSSR count). The third-order valence-corrected chi connectivity index (χ3v) is 6.05. The third-order valence-electron chi connectivity index (χ3n) is 4.75. The summed E-state index contributed by atoms with van der Waals surface area (Å²) in [4.78, 5) is 19.1. The van der Waals surface area contributed by atoms with Crippen molar-refractivity contribution in [3.05, 3.63) is 48.2 Å².